The Balaban J connectivity index is 2.17. The van der Waals surface area contributed by atoms with Crippen LogP contribution < -0.4 is 10.2 Å². The molecular weight excluding hydrogens is 284 g/mol. The summed E-state index contributed by atoms with van der Waals surface area (Å²) in [5.74, 6) is -5.73. The Morgan fingerprint density at radius 1 is 0.905 bits per heavy atom. The summed E-state index contributed by atoms with van der Waals surface area (Å²) in [5, 5.41) is 2.38. The highest BCUT2D eigenvalue weighted by Gasteiger charge is 2.18. The molecule has 2 aromatic rings. The molecule has 2 aromatic carbocycles. The van der Waals surface area contributed by atoms with Crippen LogP contribution in [0.4, 0.5) is 28.9 Å². The Labute approximate surface area is 120 Å². The first-order valence-electron chi connectivity index (χ1n) is 6.23. The van der Waals surface area contributed by atoms with Gasteiger partial charge in [0.1, 0.15) is 5.69 Å². The van der Waals surface area contributed by atoms with Crippen molar-refractivity contribution in [1.29, 1.82) is 0 Å². The summed E-state index contributed by atoms with van der Waals surface area (Å²) in [4.78, 5) is 1.90. The van der Waals surface area contributed by atoms with Crippen molar-refractivity contribution in [2.75, 3.05) is 24.3 Å². The Bertz CT molecular complexity index is 613. The molecule has 112 valence electrons. The minimum absolute atomic E-state index is 0.0461. The third-order valence-electron chi connectivity index (χ3n) is 3.03. The molecule has 6 heteroatoms. The van der Waals surface area contributed by atoms with Crippen LogP contribution in [0.1, 0.15) is 5.56 Å². The van der Waals surface area contributed by atoms with Crippen LogP contribution in [0.2, 0.25) is 0 Å². The van der Waals surface area contributed by atoms with Gasteiger partial charge < -0.3 is 10.2 Å². The number of nitrogens with zero attached hydrogens (tertiary/aromatic N) is 1. The molecule has 0 saturated heterocycles. The van der Waals surface area contributed by atoms with E-state index in [0.717, 1.165) is 11.3 Å². The van der Waals surface area contributed by atoms with Crippen LogP contribution in [-0.4, -0.2) is 14.1 Å². The van der Waals surface area contributed by atoms with Gasteiger partial charge in [-0.1, -0.05) is 12.1 Å². The fourth-order valence-corrected chi connectivity index (χ4v) is 1.83. The third kappa shape index (κ3) is 3.26. The highest BCUT2D eigenvalue weighted by atomic mass is 19.2. The first kappa shape index (κ1) is 15.2. The third-order valence-corrected chi connectivity index (χ3v) is 3.03. The van der Waals surface area contributed by atoms with Crippen molar-refractivity contribution < 1.29 is 17.6 Å². The first-order chi connectivity index (χ1) is 9.90. The number of rotatable bonds is 4. The van der Waals surface area contributed by atoms with Gasteiger partial charge in [0, 0.05) is 32.4 Å². The highest BCUT2D eigenvalue weighted by molar-refractivity contribution is 5.49. The largest absolute Gasteiger partial charge is 0.378 e. The van der Waals surface area contributed by atoms with Gasteiger partial charge in [-0.15, -0.1) is 0 Å². The zero-order valence-corrected chi connectivity index (χ0v) is 11.6. The van der Waals surface area contributed by atoms with E-state index in [9.17, 15) is 17.6 Å². The molecule has 1 N–H and O–H groups in total. The van der Waals surface area contributed by atoms with Gasteiger partial charge >= 0.3 is 0 Å². The Morgan fingerprint density at radius 3 is 1.90 bits per heavy atom. The number of anilines is 2. The second-order valence-electron chi connectivity index (χ2n) is 4.76. The van der Waals surface area contributed by atoms with E-state index in [-0.39, 0.29) is 12.6 Å². The van der Waals surface area contributed by atoms with Gasteiger partial charge in [-0.2, -0.15) is 0 Å². The minimum Gasteiger partial charge on any atom is -0.378 e. The molecule has 0 aliphatic carbocycles. The molecule has 21 heavy (non-hydrogen) atoms. The Kier molecular flexibility index (Phi) is 4.35. The Morgan fingerprint density at radius 2 is 1.43 bits per heavy atom. The molecule has 0 aliphatic rings. The molecule has 0 aliphatic heterocycles. The normalized spacial score (nSPS) is 10.6. The average Bonchev–Trinajstić information content (AvgIpc) is 2.45. The summed E-state index contributed by atoms with van der Waals surface area (Å²) in [6.45, 7) is 0.0461. The predicted molar refractivity (Wildman–Crippen MR) is 74.4 cm³/mol. The van der Waals surface area contributed by atoms with Gasteiger partial charge in [0.05, 0.1) is 0 Å². The highest BCUT2D eigenvalue weighted by Crippen LogP contribution is 2.24. The summed E-state index contributed by atoms with van der Waals surface area (Å²) >= 11 is 0. The lowest BCUT2D eigenvalue weighted by Crippen LogP contribution is -2.09. The predicted octanol–water partition coefficient (Wildman–Crippen LogP) is 3.92. The van der Waals surface area contributed by atoms with E-state index in [1.807, 2.05) is 31.1 Å². The van der Waals surface area contributed by atoms with Gasteiger partial charge in [-0.25, -0.2) is 17.6 Å². The fourth-order valence-electron chi connectivity index (χ4n) is 1.83. The van der Waals surface area contributed by atoms with Crippen LogP contribution in [0, 0.1) is 23.3 Å². The molecule has 0 atom stereocenters. The molecule has 0 radical (unpaired) electrons. The van der Waals surface area contributed by atoms with E-state index in [1.165, 1.54) is 0 Å². The summed E-state index contributed by atoms with van der Waals surface area (Å²) < 4.78 is 53.0. The standard InChI is InChI=1S/C15H14F4N2/c1-21(2)10-5-3-9(4-6-10)8-20-15-13(18)11(16)7-12(17)14(15)19/h3-7,20H,8H2,1-2H3. The molecule has 0 bridgehead atoms. The number of nitrogens with one attached hydrogen (secondary N) is 1. The van der Waals surface area contributed by atoms with Crippen LogP contribution in [0.3, 0.4) is 0 Å². The fraction of sp³-hybridized carbons (Fsp3) is 0.200. The monoisotopic (exact) mass is 298 g/mol. The van der Waals surface area contributed by atoms with E-state index in [1.54, 1.807) is 12.1 Å². The molecule has 0 aromatic heterocycles. The number of halogens is 4. The molecule has 0 amide bonds. The van der Waals surface area contributed by atoms with E-state index < -0.39 is 29.0 Å². The lowest BCUT2D eigenvalue weighted by atomic mass is 10.2. The number of benzene rings is 2. The maximum atomic E-state index is 13.5. The SMILES string of the molecule is CN(C)c1ccc(CNc2c(F)c(F)cc(F)c2F)cc1. The van der Waals surface area contributed by atoms with Crippen LogP contribution >= 0.6 is 0 Å². The minimum atomic E-state index is -1.43. The summed E-state index contributed by atoms with van der Waals surface area (Å²) in [7, 11) is 3.76. The Hall–Kier alpha value is -2.24. The van der Waals surface area contributed by atoms with Crippen molar-refractivity contribution >= 4 is 11.4 Å². The van der Waals surface area contributed by atoms with Crippen molar-refractivity contribution in [2.24, 2.45) is 0 Å². The van der Waals surface area contributed by atoms with E-state index >= 15 is 0 Å². The van der Waals surface area contributed by atoms with E-state index in [0.29, 0.717) is 0 Å². The zero-order valence-electron chi connectivity index (χ0n) is 11.6. The molecule has 0 heterocycles. The topological polar surface area (TPSA) is 15.3 Å². The van der Waals surface area contributed by atoms with Crippen LogP contribution in [0.25, 0.3) is 0 Å². The average molecular weight is 298 g/mol. The first-order valence-corrected chi connectivity index (χ1v) is 6.23. The molecular formula is C15H14F4N2. The van der Waals surface area contributed by atoms with Crippen molar-refractivity contribution in [1.82, 2.24) is 0 Å². The second kappa shape index (κ2) is 6.03. The number of hydrogen-bond donors (Lipinski definition) is 1. The van der Waals surface area contributed by atoms with Gasteiger partial charge in [-0.3, -0.25) is 0 Å². The molecule has 0 spiro atoms. The smallest absolute Gasteiger partial charge is 0.185 e. The van der Waals surface area contributed by atoms with Crippen molar-refractivity contribution in [3.63, 3.8) is 0 Å². The van der Waals surface area contributed by atoms with Gasteiger partial charge in [0.2, 0.25) is 0 Å². The molecule has 0 unspecified atom stereocenters. The van der Waals surface area contributed by atoms with Crippen molar-refractivity contribution in [3.8, 4) is 0 Å². The van der Waals surface area contributed by atoms with Gasteiger partial charge in [0.25, 0.3) is 0 Å². The van der Waals surface area contributed by atoms with Gasteiger partial charge in [-0.05, 0) is 17.7 Å². The molecule has 2 nitrogen and oxygen atoms in total. The zero-order chi connectivity index (χ0) is 15.6. The maximum absolute atomic E-state index is 13.5. The van der Waals surface area contributed by atoms with Crippen LogP contribution in [0.5, 0.6) is 0 Å². The summed E-state index contributed by atoms with van der Waals surface area (Å²) in [6.07, 6.45) is 0. The number of hydrogen-bond acceptors (Lipinski definition) is 2. The molecule has 2 rings (SSSR count). The van der Waals surface area contributed by atoms with E-state index in [4.69, 9.17) is 0 Å². The van der Waals surface area contributed by atoms with Crippen LogP contribution in [-0.2, 0) is 6.54 Å². The lowest BCUT2D eigenvalue weighted by Gasteiger charge is -2.13. The summed E-state index contributed by atoms with van der Waals surface area (Å²) in [5.41, 5.74) is 0.890. The van der Waals surface area contributed by atoms with Crippen molar-refractivity contribution in [2.45, 2.75) is 6.54 Å². The van der Waals surface area contributed by atoms with Gasteiger partial charge in [0.15, 0.2) is 23.3 Å². The quantitative estimate of drug-likeness (QED) is 0.680. The summed E-state index contributed by atoms with van der Waals surface area (Å²) in [6, 6.07) is 7.36. The van der Waals surface area contributed by atoms with Crippen LogP contribution in [0.15, 0.2) is 30.3 Å². The van der Waals surface area contributed by atoms with Crippen molar-refractivity contribution in [3.05, 3.63) is 59.2 Å². The molecule has 0 saturated carbocycles. The maximum Gasteiger partial charge on any atom is 0.185 e. The lowest BCUT2D eigenvalue weighted by molar-refractivity contribution is 0.458. The van der Waals surface area contributed by atoms with E-state index in [2.05, 4.69) is 5.32 Å². The molecule has 0 fully saturated rings. The second-order valence-corrected chi connectivity index (χ2v) is 4.76.